The topological polar surface area (TPSA) is 78.8 Å². The van der Waals surface area contributed by atoms with Crippen molar-refractivity contribution in [2.24, 2.45) is 0 Å². The van der Waals surface area contributed by atoms with E-state index in [4.69, 9.17) is 9.84 Å². The largest absolute Gasteiger partial charge is 0.507 e. The summed E-state index contributed by atoms with van der Waals surface area (Å²) in [6.07, 6.45) is 0. The zero-order valence-corrected chi connectivity index (χ0v) is 9.23. The number of methoxy groups -OCH3 is 1. The van der Waals surface area contributed by atoms with Crippen molar-refractivity contribution in [1.82, 2.24) is 5.32 Å². The molecule has 5 nitrogen and oxygen atoms in total. The zero-order chi connectivity index (χ0) is 12.1. The summed E-state index contributed by atoms with van der Waals surface area (Å²) in [5.41, 5.74) is 0.154. The average molecular weight is 225 g/mol. The van der Waals surface area contributed by atoms with Crippen molar-refractivity contribution in [3.63, 3.8) is 0 Å². The number of phenolic OH excluding ortho intramolecular Hbond substituents is 1. The molecule has 1 amide bonds. The molecule has 0 saturated heterocycles. The van der Waals surface area contributed by atoms with Crippen molar-refractivity contribution in [3.8, 4) is 11.5 Å². The lowest BCUT2D eigenvalue weighted by molar-refractivity contribution is 0.0919. The van der Waals surface area contributed by atoms with E-state index in [1.807, 2.05) is 0 Å². The van der Waals surface area contributed by atoms with Crippen LogP contribution in [0.2, 0.25) is 0 Å². The predicted molar refractivity (Wildman–Crippen MR) is 58.7 cm³/mol. The maximum atomic E-state index is 11.6. The van der Waals surface area contributed by atoms with Crippen LogP contribution in [0.15, 0.2) is 18.2 Å². The van der Waals surface area contributed by atoms with Gasteiger partial charge in [-0.1, -0.05) is 0 Å². The number of hydrogen-bond acceptors (Lipinski definition) is 4. The second-order valence-corrected chi connectivity index (χ2v) is 3.44. The fourth-order valence-corrected chi connectivity index (χ4v) is 1.18. The van der Waals surface area contributed by atoms with Crippen LogP contribution in [-0.2, 0) is 0 Å². The van der Waals surface area contributed by atoms with Gasteiger partial charge >= 0.3 is 0 Å². The summed E-state index contributed by atoms with van der Waals surface area (Å²) in [5, 5.41) is 20.9. The van der Waals surface area contributed by atoms with Crippen LogP contribution < -0.4 is 10.1 Å². The number of aromatic hydroxyl groups is 1. The fourth-order valence-electron chi connectivity index (χ4n) is 1.18. The number of benzene rings is 1. The minimum absolute atomic E-state index is 0.150. The number of carbonyl (C=O) groups is 1. The SMILES string of the molecule is COc1ccc(C(=O)NC(C)CO)c(O)c1. The second-order valence-electron chi connectivity index (χ2n) is 3.44. The second kappa shape index (κ2) is 5.37. The quantitative estimate of drug-likeness (QED) is 0.697. The Morgan fingerprint density at radius 3 is 2.75 bits per heavy atom. The van der Waals surface area contributed by atoms with Crippen molar-refractivity contribution in [1.29, 1.82) is 0 Å². The van der Waals surface area contributed by atoms with E-state index in [-0.39, 0.29) is 24.0 Å². The highest BCUT2D eigenvalue weighted by molar-refractivity contribution is 5.97. The number of rotatable bonds is 4. The Kier molecular flexibility index (Phi) is 4.13. The summed E-state index contributed by atoms with van der Waals surface area (Å²) in [6.45, 7) is 1.52. The maximum Gasteiger partial charge on any atom is 0.255 e. The van der Waals surface area contributed by atoms with E-state index in [1.54, 1.807) is 13.0 Å². The minimum atomic E-state index is -0.429. The Morgan fingerprint density at radius 1 is 1.56 bits per heavy atom. The minimum Gasteiger partial charge on any atom is -0.507 e. The first-order chi connectivity index (χ1) is 7.58. The van der Waals surface area contributed by atoms with Crippen molar-refractivity contribution >= 4 is 5.91 Å². The van der Waals surface area contributed by atoms with Crippen molar-refractivity contribution in [2.45, 2.75) is 13.0 Å². The zero-order valence-electron chi connectivity index (χ0n) is 9.23. The molecule has 1 unspecified atom stereocenters. The maximum absolute atomic E-state index is 11.6. The van der Waals surface area contributed by atoms with E-state index in [9.17, 15) is 9.90 Å². The van der Waals surface area contributed by atoms with Crippen molar-refractivity contribution < 1.29 is 19.7 Å². The van der Waals surface area contributed by atoms with Gasteiger partial charge in [0.1, 0.15) is 11.5 Å². The highest BCUT2D eigenvalue weighted by Gasteiger charge is 2.13. The number of hydrogen-bond donors (Lipinski definition) is 3. The fraction of sp³-hybridized carbons (Fsp3) is 0.364. The summed E-state index contributed by atoms with van der Waals surface area (Å²) in [5.74, 6) is -0.104. The van der Waals surface area contributed by atoms with Crippen LogP contribution in [0, 0.1) is 0 Å². The molecule has 0 fully saturated rings. The lowest BCUT2D eigenvalue weighted by Gasteiger charge is -2.12. The Bertz CT molecular complexity index is 378. The first-order valence-corrected chi connectivity index (χ1v) is 4.87. The van der Waals surface area contributed by atoms with E-state index >= 15 is 0 Å². The first-order valence-electron chi connectivity index (χ1n) is 4.87. The van der Waals surface area contributed by atoms with Crippen molar-refractivity contribution in [2.75, 3.05) is 13.7 Å². The molecule has 3 N–H and O–H groups in total. The Hall–Kier alpha value is -1.75. The van der Waals surface area contributed by atoms with Gasteiger partial charge in [-0.2, -0.15) is 0 Å². The molecule has 0 aliphatic heterocycles. The van der Waals surface area contributed by atoms with Crippen LogP contribution in [0.4, 0.5) is 0 Å². The highest BCUT2D eigenvalue weighted by Crippen LogP contribution is 2.23. The van der Waals surface area contributed by atoms with Gasteiger partial charge in [-0.3, -0.25) is 4.79 Å². The van der Waals surface area contributed by atoms with Crippen LogP contribution in [0.1, 0.15) is 17.3 Å². The average Bonchev–Trinajstić information content (AvgIpc) is 2.28. The summed E-state index contributed by atoms with van der Waals surface area (Å²) >= 11 is 0. The highest BCUT2D eigenvalue weighted by atomic mass is 16.5. The summed E-state index contributed by atoms with van der Waals surface area (Å²) in [4.78, 5) is 11.6. The number of aliphatic hydroxyl groups is 1. The third-order valence-corrected chi connectivity index (χ3v) is 2.10. The van der Waals surface area contributed by atoms with Gasteiger partial charge in [0.25, 0.3) is 5.91 Å². The van der Waals surface area contributed by atoms with Crippen LogP contribution in [0.5, 0.6) is 11.5 Å². The lowest BCUT2D eigenvalue weighted by atomic mass is 10.1. The molecule has 0 heterocycles. The molecule has 0 radical (unpaired) electrons. The molecule has 0 aliphatic rings. The molecule has 1 atom stereocenters. The molecule has 0 aromatic heterocycles. The number of phenols is 1. The van der Waals surface area contributed by atoms with Gasteiger partial charge in [-0.15, -0.1) is 0 Å². The van der Waals surface area contributed by atoms with E-state index in [1.165, 1.54) is 19.2 Å². The van der Waals surface area contributed by atoms with Gasteiger partial charge in [-0.25, -0.2) is 0 Å². The molecule has 0 aliphatic carbocycles. The molecule has 88 valence electrons. The van der Waals surface area contributed by atoms with Crippen LogP contribution in [0.25, 0.3) is 0 Å². The molecule has 16 heavy (non-hydrogen) atoms. The summed E-state index contributed by atoms with van der Waals surface area (Å²) < 4.78 is 4.90. The van der Waals surface area contributed by atoms with Crippen LogP contribution in [-0.4, -0.2) is 35.9 Å². The molecule has 1 aromatic carbocycles. The third-order valence-electron chi connectivity index (χ3n) is 2.10. The molecule has 0 spiro atoms. The number of amides is 1. The molecule has 5 heteroatoms. The molecule has 0 bridgehead atoms. The molecule has 0 saturated carbocycles. The normalized spacial score (nSPS) is 11.9. The summed E-state index contributed by atoms with van der Waals surface area (Å²) in [6, 6.07) is 4.05. The number of ether oxygens (including phenoxy) is 1. The number of nitrogens with one attached hydrogen (secondary N) is 1. The van der Waals surface area contributed by atoms with Gasteiger partial charge in [-0.05, 0) is 19.1 Å². The van der Waals surface area contributed by atoms with Crippen LogP contribution in [0.3, 0.4) is 0 Å². The van der Waals surface area contributed by atoms with Gasteiger partial charge in [0.2, 0.25) is 0 Å². The van der Waals surface area contributed by atoms with Crippen molar-refractivity contribution in [3.05, 3.63) is 23.8 Å². The molecular weight excluding hydrogens is 210 g/mol. The Morgan fingerprint density at radius 2 is 2.25 bits per heavy atom. The van der Waals surface area contributed by atoms with Gasteiger partial charge in [0, 0.05) is 12.1 Å². The number of carbonyl (C=O) groups excluding carboxylic acids is 1. The van der Waals surface area contributed by atoms with Gasteiger partial charge in [0.15, 0.2) is 0 Å². The van der Waals surface area contributed by atoms with E-state index < -0.39 is 5.91 Å². The standard InChI is InChI=1S/C11H15NO4/c1-7(6-13)12-11(15)9-4-3-8(16-2)5-10(9)14/h3-5,7,13-14H,6H2,1-2H3,(H,12,15). The number of aliphatic hydroxyl groups excluding tert-OH is 1. The monoisotopic (exact) mass is 225 g/mol. The predicted octanol–water partition coefficient (Wildman–Crippen LogP) is 0.511. The smallest absolute Gasteiger partial charge is 0.255 e. The Labute approximate surface area is 93.7 Å². The lowest BCUT2D eigenvalue weighted by Crippen LogP contribution is -2.34. The first kappa shape index (κ1) is 12.3. The molecule has 1 rings (SSSR count). The van der Waals surface area contributed by atoms with E-state index in [0.717, 1.165) is 0 Å². The molecule has 1 aromatic rings. The van der Waals surface area contributed by atoms with E-state index in [2.05, 4.69) is 5.32 Å². The van der Waals surface area contributed by atoms with Gasteiger partial charge in [0.05, 0.1) is 19.3 Å². The Balaban J connectivity index is 2.84. The summed E-state index contributed by atoms with van der Waals surface area (Å²) in [7, 11) is 1.47. The van der Waals surface area contributed by atoms with E-state index in [0.29, 0.717) is 5.75 Å². The third kappa shape index (κ3) is 2.87. The molecular formula is C11H15NO4. The van der Waals surface area contributed by atoms with Gasteiger partial charge < -0.3 is 20.3 Å². The van der Waals surface area contributed by atoms with Crippen LogP contribution >= 0.6 is 0 Å².